The first-order chi connectivity index (χ1) is 8.01. The van der Waals surface area contributed by atoms with Gasteiger partial charge in [0.2, 0.25) is 0 Å². The minimum Gasteiger partial charge on any atom is -0.493 e. The second-order valence-electron chi connectivity index (χ2n) is 3.50. The van der Waals surface area contributed by atoms with E-state index in [1.54, 1.807) is 7.05 Å². The Labute approximate surface area is 97.2 Å². The number of hydrogen-bond acceptors (Lipinski definition) is 3. The van der Waals surface area contributed by atoms with Crippen LogP contribution in [0, 0.1) is 5.82 Å². The Morgan fingerprint density at radius 3 is 2.53 bits per heavy atom. The molecule has 1 rings (SSSR count). The van der Waals surface area contributed by atoms with Crippen LogP contribution < -0.4 is 10.1 Å². The Hall–Kier alpha value is -1.27. The SMILES string of the molecule is CNCC(O)c1cc(C(F)F)cc(F)c1OC. The van der Waals surface area contributed by atoms with Gasteiger partial charge >= 0.3 is 0 Å². The molecule has 1 aromatic carbocycles. The largest absolute Gasteiger partial charge is 0.493 e. The minimum atomic E-state index is -2.80. The van der Waals surface area contributed by atoms with E-state index in [-0.39, 0.29) is 17.9 Å². The van der Waals surface area contributed by atoms with Crippen molar-refractivity contribution in [3.8, 4) is 5.75 Å². The Morgan fingerprint density at radius 2 is 2.06 bits per heavy atom. The van der Waals surface area contributed by atoms with E-state index < -0.39 is 23.9 Å². The number of aliphatic hydroxyl groups is 1. The molecule has 0 spiro atoms. The van der Waals surface area contributed by atoms with E-state index in [9.17, 15) is 18.3 Å². The van der Waals surface area contributed by atoms with Crippen molar-refractivity contribution in [3.05, 3.63) is 29.1 Å². The highest BCUT2D eigenvalue weighted by atomic mass is 19.3. The molecule has 0 heterocycles. The molecule has 2 N–H and O–H groups in total. The van der Waals surface area contributed by atoms with E-state index in [0.29, 0.717) is 6.07 Å². The van der Waals surface area contributed by atoms with Gasteiger partial charge in [0.1, 0.15) is 0 Å². The van der Waals surface area contributed by atoms with Crippen LogP contribution in [0.25, 0.3) is 0 Å². The highest BCUT2D eigenvalue weighted by Crippen LogP contribution is 2.32. The van der Waals surface area contributed by atoms with Crippen LogP contribution in [0.4, 0.5) is 13.2 Å². The van der Waals surface area contributed by atoms with Gasteiger partial charge in [0.25, 0.3) is 6.43 Å². The predicted octanol–water partition coefficient (Wildman–Crippen LogP) is 2.02. The van der Waals surface area contributed by atoms with E-state index >= 15 is 0 Å². The number of rotatable bonds is 5. The summed E-state index contributed by atoms with van der Waals surface area (Å²) in [7, 11) is 2.80. The van der Waals surface area contributed by atoms with Crippen molar-refractivity contribution < 1.29 is 23.0 Å². The molecule has 0 radical (unpaired) electrons. The van der Waals surface area contributed by atoms with Gasteiger partial charge < -0.3 is 15.2 Å². The van der Waals surface area contributed by atoms with E-state index in [1.807, 2.05) is 0 Å². The summed E-state index contributed by atoms with van der Waals surface area (Å²) in [5.41, 5.74) is -0.467. The quantitative estimate of drug-likeness (QED) is 0.839. The molecule has 0 amide bonds. The van der Waals surface area contributed by atoms with Gasteiger partial charge in [0, 0.05) is 17.7 Å². The van der Waals surface area contributed by atoms with E-state index in [2.05, 4.69) is 5.32 Å². The molecule has 0 saturated carbocycles. The molecule has 0 fully saturated rings. The third kappa shape index (κ3) is 3.10. The van der Waals surface area contributed by atoms with Crippen LogP contribution in [0.15, 0.2) is 12.1 Å². The van der Waals surface area contributed by atoms with Crippen LogP contribution in [0.3, 0.4) is 0 Å². The molecule has 96 valence electrons. The third-order valence-corrected chi connectivity index (χ3v) is 2.31. The number of halogens is 3. The highest BCUT2D eigenvalue weighted by molar-refractivity contribution is 5.40. The van der Waals surface area contributed by atoms with Gasteiger partial charge in [0.15, 0.2) is 11.6 Å². The molecule has 17 heavy (non-hydrogen) atoms. The average molecular weight is 249 g/mol. The first kappa shape index (κ1) is 13.8. The molecule has 0 aliphatic rings. The van der Waals surface area contributed by atoms with Crippen LogP contribution in [0.5, 0.6) is 5.75 Å². The number of alkyl halides is 2. The molecule has 0 aliphatic heterocycles. The van der Waals surface area contributed by atoms with Gasteiger partial charge in [-0.25, -0.2) is 13.2 Å². The number of nitrogens with one attached hydrogen (secondary N) is 1. The van der Waals surface area contributed by atoms with Gasteiger partial charge in [-0.05, 0) is 19.2 Å². The standard InChI is InChI=1S/C11H14F3NO2/c1-15-5-9(16)7-3-6(11(13)14)4-8(12)10(7)17-2/h3-4,9,11,15-16H,5H2,1-2H3. The fourth-order valence-electron chi connectivity index (χ4n) is 1.53. The van der Waals surface area contributed by atoms with E-state index in [1.165, 1.54) is 7.11 Å². The lowest BCUT2D eigenvalue weighted by Crippen LogP contribution is -2.18. The third-order valence-electron chi connectivity index (χ3n) is 2.31. The first-order valence-electron chi connectivity index (χ1n) is 4.99. The summed E-state index contributed by atoms with van der Waals surface area (Å²) in [6.45, 7) is 0.114. The molecular weight excluding hydrogens is 235 g/mol. The molecule has 1 atom stereocenters. The molecule has 0 bridgehead atoms. The Kier molecular flexibility index (Phi) is 4.77. The smallest absolute Gasteiger partial charge is 0.263 e. The second-order valence-corrected chi connectivity index (χ2v) is 3.50. The molecule has 0 saturated heterocycles. The number of benzene rings is 1. The van der Waals surface area contributed by atoms with Crippen molar-refractivity contribution >= 4 is 0 Å². The minimum absolute atomic E-state index is 0.0113. The van der Waals surface area contributed by atoms with Gasteiger partial charge in [-0.2, -0.15) is 0 Å². The number of ether oxygens (including phenoxy) is 1. The van der Waals surface area contributed by atoms with Crippen molar-refractivity contribution in [3.63, 3.8) is 0 Å². The fraction of sp³-hybridized carbons (Fsp3) is 0.455. The summed E-state index contributed by atoms with van der Waals surface area (Å²) in [5.74, 6) is -1.12. The summed E-state index contributed by atoms with van der Waals surface area (Å²) in [6.07, 6.45) is -3.90. The fourth-order valence-corrected chi connectivity index (χ4v) is 1.53. The molecule has 6 heteroatoms. The maximum Gasteiger partial charge on any atom is 0.263 e. The zero-order valence-corrected chi connectivity index (χ0v) is 9.51. The summed E-state index contributed by atoms with van der Waals surface area (Å²) < 4.78 is 43.3. The summed E-state index contributed by atoms with van der Waals surface area (Å²) in [4.78, 5) is 0. The lowest BCUT2D eigenvalue weighted by Gasteiger charge is -2.16. The average Bonchev–Trinajstić information content (AvgIpc) is 2.28. The van der Waals surface area contributed by atoms with Gasteiger partial charge in [-0.15, -0.1) is 0 Å². The normalized spacial score (nSPS) is 12.9. The maximum absolute atomic E-state index is 13.5. The molecule has 1 unspecified atom stereocenters. The summed E-state index contributed by atoms with van der Waals surface area (Å²) in [6, 6.07) is 1.76. The number of hydrogen-bond donors (Lipinski definition) is 2. The van der Waals surface area contributed by atoms with E-state index in [4.69, 9.17) is 4.74 Å². The van der Waals surface area contributed by atoms with Crippen LogP contribution in [0.1, 0.15) is 23.7 Å². The number of aliphatic hydroxyl groups excluding tert-OH is 1. The molecule has 0 aliphatic carbocycles. The summed E-state index contributed by atoms with van der Waals surface area (Å²) >= 11 is 0. The van der Waals surface area contributed by atoms with Crippen molar-refractivity contribution in [1.82, 2.24) is 5.32 Å². The van der Waals surface area contributed by atoms with Crippen molar-refractivity contribution in [2.24, 2.45) is 0 Å². The highest BCUT2D eigenvalue weighted by Gasteiger charge is 2.20. The van der Waals surface area contributed by atoms with Gasteiger partial charge in [-0.1, -0.05) is 0 Å². The second kappa shape index (κ2) is 5.88. The lowest BCUT2D eigenvalue weighted by atomic mass is 10.0. The zero-order valence-electron chi connectivity index (χ0n) is 9.51. The van der Waals surface area contributed by atoms with Gasteiger partial charge in [0.05, 0.1) is 13.2 Å². The van der Waals surface area contributed by atoms with Crippen molar-refractivity contribution in [1.29, 1.82) is 0 Å². The number of methoxy groups -OCH3 is 1. The Balaban J connectivity index is 3.23. The molecule has 0 aromatic heterocycles. The van der Waals surface area contributed by atoms with Crippen molar-refractivity contribution in [2.45, 2.75) is 12.5 Å². The maximum atomic E-state index is 13.5. The molecule has 3 nitrogen and oxygen atoms in total. The monoisotopic (exact) mass is 249 g/mol. The molecule has 1 aromatic rings. The van der Waals surface area contributed by atoms with Gasteiger partial charge in [-0.3, -0.25) is 0 Å². The van der Waals surface area contributed by atoms with Crippen LogP contribution in [0.2, 0.25) is 0 Å². The number of likely N-dealkylation sites (N-methyl/N-ethyl adjacent to an activating group) is 1. The summed E-state index contributed by atoms with van der Waals surface area (Å²) in [5, 5.41) is 12.4. The Bertz CT molecular complexity index is 385. The first-order valence-corrected chi connectivity index (χ1v) is 4.99. The van der Waals surface area contributed by atoms with Crippen LogP contribution in [-0.2, 0) is 0 Å². The topological polar surface area (TPSA) is 41.5 Å². The molecular formula is C11H14F3NO2. The lowest BCUT2D eigenvalue weighted by molar-refractivity contribution is 0.148. The van der Waals surface area contributed by atoms with Crippen LogP contribution in [-0.4, -0.2) is 25.8 Å². The Morgan fingerprint density at radius 1 is 1.41 bits per heavy atom. The van der Waals surface area contributed by atoms with Crippen LogP contribution >= 0.6 is 0 Å². The van der Waals surface area contributed by atoms with Crippen molar-refractivity contribution in [2.75, 3.05) is 20.7 Å². The van der Waals surface area contributed by atoms with E-state index in [0.717, 1.165) is 6.07 Å². The predicted molar refractivity (Wildman–Crippen MR) is 56.8 cm³/mol. The zero-order chi connectivity index (χ0) is 13.0.